The van der Waals surface area contributed by atoms with Gasteiger partial charge in [0.1, 0.15) is 17.7 Å². The molecule has 1 rings (SSSR count). The number of esters is 1. The van der Waals surface area contributed by atoms with E-state index in [1.165, 1.54) is 16.8 Å². The van der Waals surface area contributed by atoms with E-state index < -0.39 is 47.7 Å². The number of hydrogen-bond donors (Lipinski definition) is 1. The van der Waals surface area contributed by atoms with Gasteiger partial charge in [0.15, 0.2) is 6.10 Å². The van der Waals surface area contributed by atoms with Crippen molar-refractivity contribution >= 4 is 23.9 Å². The van der Waals surface area contributed by atoms with Crippen molar-refractivity contribution < 1.29 is 33.8 Å². The van der Waals surface area contributed by atoms with Crippen LogP contribution in [0.25, 0.3) is 0 Å². The summed E-state index contributed by atoms with van der Waals surface area (Å²) >= 11 is 0. The fourth-order valence-electron chi connectivity index (χ4n) is 3.63. The SMILES string of the molecule is CC(C)C[C@H](C(=O)O)N1CCC[C@@H](OC(=O)[C@H](CC(C)C)N(C)C(=O)OC(C)(C)C)C1=O. The molecule has 0 saturated carbocycles. The molecule has 9 nitrogen and oxygen atoms in total. The highest BCUT2D eigenvalue weighted by Gasteiger charge is 2.40. The number of ether oxygens (including phenoxy) is 2. The number of likely N-dealkylation sites (N-methyl/N-ethyl adjacent to an activating group) is 1. The van der Waals surface area contributed by atoms with E-state index in [1.807, 2.05) is 27.7 Å². The Labute approximate surface area is 191 Å². The Bertz CT molecular complexity index is 684. The zero-order valence-corrected chi connectivity index (χ0v) is 20.7. The monoisotopic (exact) mass is 456 g/mol. The molecule has 1 heterocycles. The summed E-state index contributed by atoms with van der Waals surface area (Å²) in [7, 11) is 1.47. The van der Waals surface area contributed by atoms with E-state index in [-0.39, 0.29) is 11.8 Å². The van der Waals surface area contributed by atoms with Gasteiger partial charge in [0, 0.05) is 13.6 Å². The van der Waals surface area contributed by atoms with Gasteiger partial charge in [0.05, 0.1) is 0 Å². The number of hydrogen-bond acceptors (Lipinski definition) is 6. The second-order valence-electron chi connectivity index (χ2n) is 10.3. The first-order valence-corrected chi connectivity index (χ1v) is 11.3. The normalized spacial score (nSPS) is 19.0. The zero-order valence-electron chi connectivity index (χ0n) is 20.7. The van der Waals surface area contributed by atoms with E-state index in [0.29, 0.717) is 32.2 Å². The predicted molar refractivity (Wildman–Crippen MR) is 119 cm³/mol. The van der Waals surface area contributed by atoms with Crippen LogP contribution in [0.2, 0.25) is 0 Å². The Hall–Kier alpha value is -2.32. The summed E-state index contributed by atoms with van der Waals surface area (Å²) in [5, 5.41) is 9.61. The summed E-state index contributed by atoms with van der Waals surface area (Å²) in [4.78, 5) is 52.8. The van der Waals surface area contributed by atoms with Crippen molar-refractivity contribution in [2.75, 3.05) is 13.6 Å². The molecule has 32 heavy (non-hydrogen) atoms. The third kappa shape index (κ3) is 8.31. The molecule has 1 saturated heterocycles. The summed E-state index contributed by atoms with van der Waals surface area (Å²) in [6.07, 6.45) is -0.211. The molecule has 0 radical (unpaired) electrons. The van der Waals surface area contributed by atoms with Crippen LogP contribution < -0.4 is 0 Å². The van der Waals surface area contributed by atoms with Gasteiger partial charge in [-0.3, -0.25) is 9.69 Å². The van der Waals surface area contributed by atoms with Crippen molar-refractivity contribution in [3.8, 4) is 0 Å². The van der Waals surface area contributed by atoms with Crippen LogP contribution in [0.3, 0.4) is 0 Å². The number of piperidine rings is 1. The number of amides is 2. The van der Waals surface area contributed by atoms with E-state index in [2.05, 4.69) is 0 Å². The molecule has 1 aliphatic heterocycles. The Morgan fingerprint density at radius 2 is 1.69 bits per heavy atom. The second kappa shape index (κ2) is 11.5. The molecule has 2 amide bonds. The lowest BCUT2D eigenvalue weighted by atomic mass is 9.98. The van der Waals surface area contributed by atoms with Gasteiger partial charge in [-0.1, -0.05) is 27.7 Å². The van der Waals surface area contributed by atoms with Crippen LogP contribution in [0.1, 0.15) is 74.1 Å². The fourth-order valence-corrected chi connectivity index (χ4v) is 3.63. The first-order chi connectivity index (χ1) is 14.6. The van der Waals surface area contributed by atoms with Crippen LogP contribution in [-0.4, -0.2) is 76.2 Å². The standard InChI is InChI=1S/C23H40N2O7/c1-14(2)12-16(20(27)28)25-11-9-10-18(19(25)26)31-21(29)17(13-15(3)4)24(8)22(30)32-23(5,6)7/h14-18H,9-13H2,1-8H3,(H,27,28)/t16-,17+,18-/m1/s1. The Balaban J connectivity index is 2.99. The third-order valence-corrected chi connectivity index (χ3v) is 5.15. The molecule has 1 N–H and O–H groups in total. The predicted octanol–water partition coefficient (Wildman–Crippen LogP) is 3.30. The highest BCUT2D eigenvalue weighted by Crippen LogP contribution is 2.23. The number of carbonyl (C=O) groups excluding carboxylic acids is 3. The summed E-state index contributed by atoms with van der Waals surface area (Å²) in [6, 6.07) is -1.88. The number of carbonyl (C=O) groups is 4. The van der Waals surface area contributed by atoms with Crippen molar-refractivity contribution in [1.29, 1.82) is 0 Å². The molecular formula is C23H40N2O7. The molecule has 0 unspecified atom stereocenters. The average Bonchev–Trinajstić information content (AvgIpc) is 2.63. The van der Waals surface area contributed by atoms with Gasteiger partial charge in [-0.05, 0) is 58.3 Å². The molecule has 9 heteroatoms. The van der Waals surface area contributed by atoms with Crippen LogP contribution >= 0.6 is 0 Å². The molecule has 0 spiro atoms. The van der Waals surface area contributed by atoms with Crippen LogP contribution in [0.4, 0.5) is 4.79 Å². The van der Waals surface area contributed by atoms with E-state index >= 15 is 0 Å². The van der Waals surface area contributed by atoms with Crippen molar-refractivity contribution in [2.24, 2.45) is 11.8 Å². The van der Waals surface area contributed by atoms with Crippen LogP contribution in [0.15, 0.2) is 0 Å². The van der Waals surface area contributed by atoms with E-state index in [4.69, 9.17) is 9.47 Å². The minimum atomic E-state index is -1.07. The minimum absolute atomic E-state index is 0.0819. The summed E-state index contributed by atoms with van der Waals surface area (Å²) in [6.45, 7) is 13.1. The fraction of sp³-hybridized carbons (Fsp3) is 0.826. The number of aliphatic carboxylic acids is 1. The van der Waals surface area contributed by atoms with Gasteiger partial charge < -0.3 is 19.5 Å². The average molecular weight is 457 g/mol. The quantitative estimate of drug-likeness (QED) is 0.530. The lowest BCUT2D eigenvalue weighted by Crippen LogP contribution is -2.55. The van der Waals surface area contributed by atoms with Gasteiger partial charge in [-0.15, -0.1) is 0 Å². The summed E-state index contributed by atoms with van der Waals surface area (Å²) < 4.78 is 10.9. The second-order valence-corrected chi connectivity index (χ2v) is 10.3. The maximum Gasteiger partial charge on any atom is 0.410 e. The molecule has 1 fully saturated rings. The molecule has 1 aliphatic rings. The van der Waals surface area contributed by atoms with Gasteiger partial charge in [0.25, 0.3) is 5.91 Å². The van der Waals surface area contributed by atoms with E-state index in [0.717, 1.165) is 0 Å². The lowest BCUT2D eigenvalue weighted by molar-refractivity contribution is -0.171. The Morgan fingerprint density at radius 3 is 2.16 bits per heavy atom. The first kappa shape index (κ1) is 27.7. The van der Waals surface area contributed by atoms with E-state index in [9.17, 15) is 24.3 Å². The van der Waals surface area contributed by atoms with Crippen molar-refractivity contribution in [3.63, 3.8) is 0 Å². The Morgan fingerprint density at radius 1 is 1.12 bits per heavy atom. The topological polar surface area (TPSA) is 113 Å². The molecule has 3 atom stereocenters. The molecule has 0 aromatic carbocycles. The zero-order chi connectivity index (χ0) is 24.8. The lowest BCUT2D eigenvalue weighted by Gasteiger charge is -2.37. The summed E-state index contributed by atoms with van der Waals surface area (Å²) in [5.41, 5.74) is -0.722. The third-order valence-electron chi connectivity index (χ3n) is 5.15. The summed E-state index contributed by atoms with van der Waals surface area (Å²) in [5.74, 6) is -2.09. The highest BCUT2D eigenvalue weighted by molar-refractivity contribution is 5.90. The van der Waals surface area contributed by atoms with Crippen LogP contribution in [0, 0.1) is 11.8 Å². The van der Waals surface area contributed by atoms with Crippen molar-refractivity contribution in [1.82, 2.24) is 9.80 Å². The van der Waals surface area contributed by atoms with Crippen LogP contribution in [-0.2, 0) is 23.9 Å². The highest BCUT2D eigenvalue weighted by atomic mass is 16.6. The van der Waals surface area contributed by atoms with Gasteiger partial charge in [-0.25, -0.2) is 14.4 Å². The first-order valence-electron chi connectivity index (χ1n) is 11.3. The number of carboxylic acids is 1. The van der Waals surface area contributed by atoms with Gasteiger partial charge >= 0.3 is 18.0 Å². The Kier molecular flexibility index (Phi) is 9.97. The van der Waals surface area contributed by atoms with E-state index in [1.54, 1.807) is 20.8 Å². The number of rotatable bonds is 9. The molecule has 0 aromatic heterocycles. The van der Waals surface area contributed by atoms with Crippen molar-refractivity contribution in [2.45, 2.75) is 97.9 Å². The molecule has 0 aromatic rings. The molecule has 184 valence electrons. The largest absolute Gasteiger partial charge is 0.480 e. The number of carboxylic acid groups (broad SMARTS) is 1. The van der Waals surface area contributed by atoms with Crippen molar-refractivity contribution in [3.05, 3.63) is 0 Å². The van der Waals surface area contributed by atoms with Gasteiger partial charge in [-0.2, -0.15) is 0 Å². The van der Waals surface area contributed by atoms with Gasteiger partial charge in [0.2, 0.25) is 0 Å². The van der Waals surface area contributed by atoms with Crippen LogP contribution in [0.5, 0.6) is 0 Å². The number of nitrogens with zero attached hydrogens (tertiary/aromatic N) is 2. The minimum Gasteiger partial charge on any atom is -0.480 e. The maximum absolute atomic E-state index is 13.0. The molecule has 0 bridgehead atoms. The maximum atomic E-state index is 13.0. The molecular weight excluding hydrogens is 416 g/mol. The number of likely N-dealkylation sites (tertiary alicyclic amines) is 1. The smallest absolute Gasteiger partial charge is 0.410 e. The molecule has 0 aliphatic carbocycles.